The molecule has 0 unspecified atom stereocenters. The number of anilines is 1. The van der Waals surface area contributed by atoms with E-state index >= 15 is 0 Å². The average Bonchev–Trinajstić information content (AvgIpc) is 3.35. The number of piperidine rings is 1. The van der Waals surface area contributed by atoms with Gasteiger partial charge in [0.1, 0.15) is 5.69 Å². The van der Waals surface area contributed by atoms with Gasteiger partial charge in [0.25, 0.3) is 11.8 Å². The first-order valence-electron chi connectivity index (χ1n) is 10.9. The standard InChI is InChI=1S/C23H28N4O2/c1-16-9-13-25(14-10-16)22(28)20-19-8-4-5-12-26(19)21(24-20)23(29)27-15-11-17-6-2-3-7-18(17)27/h2-3,6-7,16H,4-5,8-15H2,1H3. The summed E-state index contributed by atoms with van der Waals surface area (Å²) in [6, 6.07) is 8.06. The second-order valence-electron chi connectivity index (χ2n) is 8.65. The quantitative estimate of drug-likeness (QED) is 0.788. The van der Waals surface area contributed by atoms with Gasteiger partial charge in [0.05, 0.1) is 5.69 Å². The van der Waals surface area contributed by atoms with Crippen LogP contribution < -0.4 is 4.90 Å². The second kappa shape index (κ2) is 7.32. The van der Waals surface area contributed by atoms with Gasteiger partial charge in [-0.1, -0.05) is 25.1 Å². The zero-order chi connectivity index (χ0) is 20.0. The van der Waals surface area contributed by atoms with Gasteiger partial charge in [-0.3, -0.25) is 9.59 Å². The number of amides is 2. The summed E-state index contributed by atoms with van der Waals surface area (Å²) in [5.74, 6) is 1.03. The number of para-hydroxylation sites is 1. The van der Waals surface area contributed by atoms with Crippen LogP contribution in [0.15, 0.2) is 24.3 Å². The summed E-state index contributed by atoms with van der Waals surface area (Å²) in [7, 11) is 0. The average molecular weight is 393 g/mol. The molecule has 0 saturated carbocycles. The molecule has 0 aliphatic carbocycles. The first-order chi connectivity index (χ1) is 14.1. The molecule has 6 nitrogen and oxygen atoms in total. The smallest absolute Gasteiger partial charge is 0.294 e. The summed E-state index contributed by atoms with van der Waals surface area (Å²) < 4.78 is 2.02. The number of hydrogen-bond acceptors (Lipinski definition) is 3. The maximum atomic E-state index is 13.5. The predicted octanol–water partition coefficient (Wildman–Crippen LogP) is 3.29. The van der Waals surface area contributed by atoms with E-state index in [-0.39, 0.29) is 11.8 Å². The number of hydrogen-bond donors (Lipinski definition) is 0. The van der Waals surface area contributed by atoms with Crippen molar-refractivity contribution >= 4 is 17.5 Å². The van der Waals surface area contributed by atoms with Crippen molar-refractivity contribution in [2.24, 2.45) is 5.92 Å². The summed E-state index contributed by atoms with van der Waals surface area (Å²) in [5.41, 5.74) is 3.64. The van der Waals surface area contributed by atoms with Gasteiger partial charge in [-0.2, -0.15) is 0 Å². The van der Waals surface area contributed by atoms with Crippen molar-refractivity contribution in [1.29, 1.82) is 0 Å². The third-order valence-electron chi connectivity index (χ3n) is 6.71. The van der Waals surface area contributed by atoms with E-state index in [2.05, 4.69) is 18.0 Å². The third kappa shape index (κ3) is 3.15. The Morgan fingerprint density at radius 3 is 2.59 bits per heavy atom. The van der Waals surface area contributed by atoms with Crippen LogP contribution in [0.25, 0.3) is 0 Å². The lowest BCUT2D eigenvalue weighted by Crippen LogP contribution is -2.38. The number of carbonyl (C=O) groups is 2. The lowest BCUT2D eigenvalue weighted by Gasteiger charge is -2.30. The first-order valence-corrected chi connectivity index (χ1v) is 10.9. The van der Waals surface area contributed by atoms with Gasteiger partial charge in [-0.05, 0) is 56.1 Å². The van der Waals surface area contributed by atoms with Crippen LogP contribution in [0.4, 0.5) is 5.69 Å². The molecule has 4 heterocycles. The van der Waals surface area contributed by atoms with Crippen LogP contribution in [0.2, 0.25) is 0 Å². The summed E-state index contributed by atoms with van der Waals surface area (Å²) in [5, 5.41) is 0. The predicted molar refractivity (Wildman–Crippen MR) is 111 cm³/mol. The Bertz CT molecular complexity index is 956. The fourth-order valence-corrected chi connectivity index (χ4v) is 4.91. The van der Waals surface area contributed by atoms with Crippen molar-refractivity contribution < 1.29 is 9.59 Å². The van der Waals surface area contributed by atoms with Crippen molar-refractivity contribution in [2.75, 3.05) is 24.5 Å². The highest BCUT2D eigenvalue weighted by molar-refractivity contribution is 6.06. The van der Waals surface area contributed by atoms with Crippen LogP contribution in [-0.4, -0.2) is 45.9 Å². The summed E-state index contributed by atoms with van der Waals surface area (Å²) in [6.45, 7) is 5.26. The Balaban J connectivity index is 1.48. The van der Waals surface area contributed by atoms with Gasteiger partial charge in [0, 0.05) is 31.9 Å². The van der Waals surface area contributed by atoms with Crippen molar-refractivity contribution in [3.8, 4) is 0 Å². The Kier molecular flexibility index (Phi) is 4.64. The van der Waals surface area contributed by atoms with Gasteiger partial charge in [-0.15, -0.1) is 0 Å². The molecule has 5 rings (SSSR count). The van der Waals surface area contributed by atoms with Crippen LogP contribution in [-0.2, 0) is 19.4 Å². The monoisotopic (exact) mass is 392 g/mol. The molecular formula is C23H28N4O2. The molecule has 1 aromatic heterocycles. The van der Waals surface area contributed by atoms with Gasteiger partial charge in [-0.25, -0.2) is 4.98 Å². The highest BCUT2D eigenvalue weighted by Crippen LogP contribution is 2.30. The Hall–Kier alpha value is -2.63. The van der Waals surface area contributed by atoms with E-state index in [1.54, 1.807) is 0 Å². The fourth-order valence-electron chi connectivity index (χ4n) is 4.91. The molecule has 1 fully saturated rings. The summed E-state index contributed by atoms with van der Waals surface area (Å²) >= 11 is 0. The first kappa shape index (κ1) is 18.4. The van der Waals surface area contributed by atoms with E-state index in [1.165, 1.54) is 5.56 Å². The van der Waals surface area contributed by atoms with E-state index in [0.717, 1.165) is 69.5 Å². The van der Waals surface area contributed by atoms with E-state index in [0.29, 0.717) is 24.0 Å². The molecule has 3 aliphatic heterocycles. The zero-order valence-electron chi connectivity index (χ0n) is 17.1. The maximum absolute atomic E-state index is 13.5. The molecule has 0 spiro atoms. The number of nitrogens with zero attached hydrogens (tertiary/aromatic N) is 4. The second-order valence-corrected chi connectivity index (χ2v) is 8.65. The molecule has 0 N–H and O–H groups in total. The number of fused-ring (bicyclic) bond motifs is 2. The van der Waals surface area contributed by atoms with Gasteiger partial charge >= 0.3 is 0 Å². The molecule has 0 bridgehead atoms. The van der Waals surface area contributed by atoms with Crippen molar-refractivity contribution in [3.63, 3.8) is 0 Å². The van der Waals surface area contributed by atoms with Crippen LogP contribution in [0.5, 0.6) is 0 Å². The van der Waals surface area contributed by atoms with Crippen molar-refractivity contribution in [3.05, 3.63) is 47.0 Å². The number of imidazole rings is 1. The minimum absolute atomic E-state index is 0.00317. The van der Waals surface area contributed by atoms with Gasteiger partial charge < -0.3 is 14.4 Å². The van der Waals surface area contributed by atoms with E-state index in [4.69, 9.17) is 0 Å². The molecule has 0 radical (unpaired) electrons. The SMILES string of the molecule is CC1CCN(C(=O)c2nc(C(=O)N3CCc4ccccc43)n3c2CCCC3)CC1. The fraction of sp³-hybridized carbons (Fsp3) is 0.522. The Labute approximate surface area is 171 Å². The Morgan fingerprint density at radius 1 is 0.966 bits per heavy atom. The van der Waals surface area contributed by atoms with Crippen LogP contribution in [0, 0.1) is 5.92 Å². The van der Waals surface area contributed by atoms with Crippen LogP contribution in [0.3, 0.4) is 0 Å². The molecule has 2 aromatic rings. The van der Waals surface area contributed by atoms with E-state index in [1.807, 2.05) is 32.6 Å². The lowest BCUT2D eigenvalue weighted by atomic mass is 9.98. The summed E-state index contributed by atoms with van der Waals surface area (Å²) in [4.78, 5) is 35.2. The van der Waals surface area contributed by atoms with Crippen LogP contribution >= 0.6 is 0 Å². The number of benzene rings is 1. The molecule has 3 aliphatic rings. The minimum atomic E-state index is -0.0792. The lowest BCUT2D eigenvalue weighted by molar-refractivity contribution is 0.0690. The molecule has 29 heavy (non-hydrogen) atoms. The van der Waals surface area contributed by atoms with Gasteiger partial charge in [0.2, 0.25) is 5.82 Å². The third-order valence-corrected chi connectivity index (χ3v) is 6.71. The van der Waals surface area contributed by atoms with Gasteiger partial charge in [0.15, 0.2) is 0 Å². The number of aromatic nitrogens is 2. The van der Waals surface area contributed by atoms with Crippen molar-refractivity contribution in [1.82, 2.24) is 14.5 Å². The molecule has 152 valence electrons. The number of carbonyl (C=O) groups excluding carboxylic acids is 2. The molecule has 1 saturated heterocycles. The molecule has 6 heteroatoms. The molecule has 1 aromatic carbocycles. The van der Waals surface area contributed by atoms with E-state index < -0.39 is 0 Å². The normalized spacial score (nSPS) is 19.2. The maximum Gasteiger partial charge on any atom is 0.294 e. The molecule has 0 atom stereocenters. The number of rotatable bonds is 2. The zero-order valence-corrected chi connectivity index (χ0v) is 17.1. The van der Waals surface area contributed by atoms with Crippen LogP contribution in [0.1, 0.15) is 65.0 Å². The summed E-state index contributed by atoms with van der Waals surface area (Å²) in [6.07, 6.45) is 5.84. The highest BCUT2D eigenvalue weighted by Gasteiger charge is 2.34. The topological polar surface area (TPSA) is 58.4 Å². The minimum Gasteiger partial charge on any atom is -0.337 e. The Morgan fingerprint density at radius 2 is 1.76 bits per heavy atom. The highest BCUT2D eigenvalue weighted by atomic mass is 16.2. The largest absolute Gasteiger partial charge is 0.337 e. The number of likely N-dealkylation sites (tertiary alicyclic amines) is 1. The van der Waals surface area contributed by atoms with E-state index in [9.17, 15) is 9.59 Å². The molecular weight excluding hydrogens is 364 g/mol. The van der Waals surface area contributed by atoms with Crippen molar-refractivity contribution in [2.45, 2.75) is 52.0 Å². The molecule has 2 amide bonds.